The summed E-state index contributed by atoms with van der Waals surface area (Å²) in [4.78, 5) is 2.28. The van der Waals surface area contributed by atoms with Crippen LogP contribution in [0.5, 0.6) is 5.75 Å². The SMILES string of the molecule is Cc1cc(C(F)(F)F)c(Cl)cc1OCCN1CCCC1. The molecule has 0 bridgehead atoms. The minimum atomic E-state index is -4.43. The lowest BCUT2D eigenvalue weighted by Gasteiger charge is -2.17. The van der Waals surface area contributed by atoms with Gasteiger partial charge in [-0.2, -0.15) is 13.2 Å². The fraction of sp³-hybridized carbons (Fsp3) is 0.571. The molecule has 1 aromatic carbocycles. The van der Waals surface area contributed by atoms with E-state index in [9.17, 15) is 13.2 Å². The van der Waals surface area contributed by atoms with Gasteiger partial charge in [-0.05, 0) is 50.6 Å². The molecule has 2 rings (SSSR count). The van der Waals surface area contributed by atoms with Crippen molar-refractivity contribution in [1.82, 2.24) is 4.90 Å². The van der Waals surface area contributed by atoms with Gasteiger partial charge in [-0.3, -0.25) is 4.90 Å². The van der Waals surface area contributed by atoms with Crippen molar-refractivity contribution in [2.45, 2.75) is 25.9 Å². The van der Waals surface area contributed by atoms with Crippen molar-refractivity contribution in [2.75, 3.05) is 26.2 Å². The number of aryl methyl sites for hydroxylation is 1. The first-order valence-electron chi connectivity index (χ1n) is 6.60. The van der Waals surface area contributed by atoms with Crippen LogP contribution in [0.15, 0.2) is 12.1 Å². The second kappa shape index (κ2) is 6.22. The molecule has 1 heterocycles. The largest absolute Gasteiger partial charge is 0.492 e. The molecule has 1 saturated heterocycles. The van der Waals surface area contributed by atoms with Crippen molar-refractivity contribution in [3.8, 4) is 5.75 Å². The predicted molar refractivity (Wildman–Crippen MR) is 72.4 cm³/mol. The Hall–Kier alpha value is -0.940. The summed E-state index contributed by atoms with van der Waals surface area (Å²) in [5.41, 5.74) is -0.369. The van der Waals surface area contributed by atoms with Crippen molar-refractivity contribution < 1.29 is 17.9 Å². The Morgan fingerprint density at radius 3 is 2.50 bits per heavy atom. The van der Waals surface area contributed by atoms with E-state index in [1.165, 1.54) is 18.9 Å². The van der Waals surface area contributed by atoms with Gasteiger partial charge in [0.25, 0.3) is 0 Å². The van der Waals surface area contributed by atoms with Crippen LogP contribution in [-0.4, -0.2) is 31.1 Å². The Bertz CT molecular complexity index is 470. The van der Waals surface area contributed by atoms with Crippen molar-refractivity contribution in [3.05, 3.63) is 28.3 Å². The number of nitrogens with zero attached hydrogens (tertiary/aromatic N) is 1. The van der Waals surface area contributed by atoms with Crippen molar-refractivity contribution in [3.63, 3.8) is 0 Å². The summed E-state index contributed by atoms with van der Waals surface area (Å²) >= 11 is 5.68. The van der Waals surface area contributed by atoms with E-state index in [1.807, 2.05) is 0 Å². The molecule has 112 valence electrons. The molecule has 1 aliphatic rings. The summed E-state index contributed by atoms with van der Waals surface area (Å²) in [7, 11) is 0. The van der Waals surface area contributed by atoms with Gasteiger partial charge < -0.3 is 4.74 Å². The van der Waals surface area contributed by atoms with E-state index in [2.05, 4.69) is 4.90 Å². The molecule has 2 nitrogen and oxygen atoms in total. The van der Waals surface area contributed by atoms with Crippen LogP contribution in [0.25, 0.3) is 0 Å². The number of rotatable bonds is 4. The van der Waals surface area contributed by atoms with Crippen LogP contribution < -0.4 is 4.74 Å². The van der Waals surface area contributed by atoms with Crippen LogP contribution in [0.3, 0.4) is 0 Å². The number of halogens is 4. The Balaban J connectivity index is 1.99. The van der Waals surface area contributed by atoms with Crippen molar-refractivity contribution >= 4 is 11.6 Å². The smallest absolute Gasteiger partial charge is 0.417 e. The monoisotopic (exact) mass is 307 g/mol. The first-order valence-corrected chi connectivity index (χ1v) is 6.98. The van der Waals surface area contributed by atoms with Gasteiger partial charge in [-0.15, -0.1) is 0 Å². The lowest BCUT2D eigenvalue weighted by Crippen LogP contribution is -2.25. The highest BCUT2D eigenvalue weighted by atomic mass is 35.5. The molecule has 1 aromatic rings. The number of benzene rings is 1. The maximum atomic E-state index is 12.7. The van der Waals surface area contributed by atoms with E-state index in [0.717, 1.165) is 25.7 Å². The fourth-order valence-electron chi connectivity index (χ4n) is 2.33. The standard InChI is InChI=1S/C14H17ClF3NO/c1-10-8-11(14(16,17)18)12(15)9-13(10)20-7-6-19-4-2-3-5-19/h8-9H,2-7H2,1H3. The first-order chi connectivity index (χ1) is 9.38. The van der Waals surface area contributed by atoms with E-state index in [4.69, 9.17) is 16.3 Å². The van der Waals surface area contributed by atoms with Crippen LogP contribution in [0.2, 0.25) is 5.02 Å². The summed E-state index contributed by atoms with van der Waals surface area (Å²) < 4.78 is 43.6. The molecule has 0 aromatic heterocycles. The lowest BCUT2D eigenvalue weighted by molar-refractivity contribution is -0.137. The van der Waals surface area contributed by atoms with E-state index in [-0.39, 0.29) is 5.02 Å². The van der Waals surface area contributed by atoms with E-state index < -0.39 is 11.7 Å². The third-order valence-corrected chi connectivity index (χ3v) is 3.75. The van der Waals surface area contributed by atoms with Gasteiger partial charge in [0.1, 0.15) is 12.4 Å². The van der Waals surface area contributed by atoms with Gasteiger partial charge in [0.05, 0.1) is 10.6 Å². The maximum absolute atomic E-state index is 12.7. The summed E-state index contributed by atoms with van der Waals surface area (Å²) in [6.45, 7) is 4.98. The number of hydrogen-bond donors (Lipinski definition) is 0. The maximum Gasteiger partial charge on any atom is 0.417 e. The first kappa shape index (κ1) is 15.4. The average molecular weight is 308 g/mol. The minimum Gasteiger partial charge on any atom is -0.492 e. The van der Waals surface area contributed by atoms with Crippen LogP contribution >= 0.6 is 11.6 Å². The fourth-order valence-corrected chi connectivity index (χ4v) is 2.59. The molecular weight excluding hydrogens is 291 g/mol. The number of hydrogen-bond acceptors (Lipinski definition) is 2. The highest BCUT2D eigenvalue weighted by molar-refractivity contribution is 6.31. The molecule has 20 heavy (non-hydrogen) atoms. The van der Waals surface area contributed by atoms with E-state index in [1.54, 1.807) is 6.92 Å². The summed E-state index contributed by atoms with van der Waals surface area (Å²) in [6.07, 6.45) is -2.04. The molecule has 6 heteroatoms. The third kappa shape index (κ3) is 3.79. The molecule has 0 unspecified atom stereocenters. The molecule has 1 aliphatic heterocycles. The van der Waals surface area contributed by atoms with Gasteiger partial charge in [0, 0.05) is 6.54 Å². The average Bonchev–Trinajstić information content (AvgIpc) is 2.84. The van der Waals surface area contributed by atoms with Crippen molar-refractivity contribution in [2.24, 2.45) is 0 Å². The van der Waals surface area contributed by atoms with Crippen LogP contribution in [0, 0.1) is 6.92 Å². The second-order valence-corrected chi connectivity index (χ2v) is 5.40. The predicted octanol–water partition coefficient (Wildman–Crippen LogP) is 4.14. The number of likely N-dealkylation sites (tertiary alicyclic amines) is 1. The zero-order chi connectivity index (χ0) is 14.8. The van der Waals surface area contributed by atoms with Crippen molar-refractivity contribution in [1.29, 1.82) is 0 Å². The Morgan fingerprint density at radius 2 is 1.90 bits per heavy atom. The molecule has 0 atom stereocenters. The Kier molecular flexibility index (Phi) is 4.81. The van der Waals surface area contributed by atoms with Crippen LogP contribution in [0.4, 0.5) is 13.2 Å². The minimum absolute atomic E-state index is 0.320. The highest BCUT2D eigenvalue weighted by Gasteiger charge is 2.33. The van der Waals surface area contributed by atoms with Crippen LogP contribution in [0.1, 0.15) is 24.0 Å². The van der Waals surface area contributed by atoms with Gasteiger partial charge in [0.15, 0.2) is 0 Å². The molecule has 1 fully saturated rings. The third-order valence-electron chi connectivity index (χ3n) is 3.43. The molecule has 0 aliphatic carbocycles. The highest BCUT2D eigenvalue weighted by Crippen LogP contribution is 2.38. The molecule has 0 radical (unpaired) electrons. The number of ether oxygens (including phenoxy) is 1. The van der Waals surface area contributed by atoms with Gasteiger partial charge in [-0.25, -0.2) is 0 Å². The Labute approximate surface area is 121 Å². The topological polar surface area (TPSA) is 12.5 Å². The zero-order valence-corrected chi connectivity index (χ0v) is 12.0. The molecule has 0 N–H and O–H groups in total. The van der Waals surface area contributed by atoms with E-state index >= 15 is 0 Å². The normalized spacial score (nSPS) is 16.6. The quantitative estimate of drug-likeness (QED) is 0.829. The molecule has 0 amide bonds. The van der Waals surface area contributed by atoms with Gasteiger partial charge in [0.2, 0.25) is 0 Å². The van der Waals surface area contributed by atoms with Gasteiger partial charge in [-0.1, -0.05) is 11.6 Å². The van der Waals surface area contributed by atoms with Crippen LogP contribution in [-0.2, 0) is 6.18 Å². The van der Waals surface area contributed by atoms with Gasteiger partial charge >= 0.3 is 6.18 Å². The molecular formula is C14H17ClF3NO. The zero-order valence-electron chi connectivity index (χ0n) is 11.3. The summed E-state index contributed by atoms with van der Waals surface area (Å²) in [6, 6.07) is 2.29. The molecule has 0 spiro atoms. The summed E-state index contributed by atoms with van der Waals surface area (Å²) in [5.74, 6) is 0.419. The lowest BCUT2D eigenvalue weighted by atomic mass is 10.1. The van der Waals surface area contributed by atoms with E-state index in [0.29, 0.717) is 17.9 Å². The second-order valence-electron chi connectivity index (χ2n) is 4.99. The molecule has 0 saturated carbocycles. The summed E-state index contributed by atoms with van der Waals surface area (Å²) in [5, 5.41) is -0.320. The Morgan fingerprint density at radius 1 is 1.25 bits per heavy atom. The number of alkyl halides is 3.